The van der Waals surface area contributed by atoms with Crippen LogP contribution in [0.1, 0.15) is 38.7 Å². The summed E-state index contributed by atoms with van der Waals surface area (Å²) in [6.45, 7) is 7.40. The molecule has 1 saturated heterocycles. The quantitative estimate of drug-likeness (QED) is 0.565. The summed E-state index contributed by atoms with van der Waals surface area (Å²) in [6.07, 6.45) is 13.5. The summed E-state index contributed by atoms with van der Waals surface area (Å²) in [5.74, 6) is 0. The van der Waals surface area contributed by atoms with Crippen LogP contribution in [0, 0.1) is 0 Å². The smallest absolute Gasteiger partial charge is 0.681 e. The zero-order valence-electron chi connectivity index (χ0n) is 17.4. The van der Waals surface area contributed by atoms with Gasteiger partial charge in [-0.25, -0.2) is 0 Å². The molecule has 2 aliphatic heterocycles. The van der Waals surface area contributed by atoms with Crippen LogP contribution in [0.4, 0.5) is 0 Å². The summed E-state index contributed by atoms with van der Waals surface area (Å²) in [5, 5.41) is 11.2. The molecule has 3 heterocycles. The summed E-state index contributed by atoms with van der Waals surface area (Å²) in [7, 11) is 0. The van der Waals surface area contributed by atoms with Crippen molar-refractivity contribution >= 4 is 10.9 Å². The Kier molecular flexibility index (Phi) is 8.02. The van der Waals surface area contributed by atoms with E-state index in [9.17, 15) is 0 Å². The molecular weight excluding hydrogens is 408 g/mol. The van der Waals surface area contributed by atoms with Crippen molar-refractivity contribution in [2.75, 3.05) is 19.6 Å². The molecule has 160 valence electrons. The summed E-state index contributed by atoms with van der Waals surface area (Å²) >= 11 is 0. The monoisotopic (exact) mass is 439 g/mol. The van der Waals surface area contributed by atoms with E-state index in [-0.39, 0.29) is 23.1 Å². The third-order valence-electron chi connectivity index (χ3n) is 5.90. The van der Waals surface area contributed by atoms with Crippen molar-refractivity contribution in [2.45, 2.75) is 57.7 Å². The number of allylic oxidation sites excluding steroid dienone is 2. The summed E-state index contributed by atoms with van der Waals surface area (Å²) < 4.78 is 0. The SMILES string of the molecule is CC1C=CC=C(CN(CCc2c[nH]c3ccccc23)CC2CCCC(C)[N-]2)[N-]1.[Cu+]. The zero-order chi connectivity index (χ0) is 19.3. The van der Waals surface area contributed by atoms with E-state index < -0.39 is 0 Å². The fourth-order valence-corrected chi connectivity index (χ4v) is 4.44. The van der Waals surface area contributed by atoms with Gasteiger partial charge in [0.1, 0.15) is 0 Å². The Morgan fingerprint density at radius 1 is 1.17 bits per heavy atom. The second-order valence-corrected chi connectivity index (χ2v) is 8.34. The molecule has 29 heavy (non-hydrogen) atoms. The molecule has 2 aliphatic rings. The largest absolute Gasteiger partial charge is 1.00 e. The average Bonchev–Trinajstić information content (AvgIpc) is 3.09. The van der Waals surface area contributed by atoms with E-state index in [4.69, 9.17) is 10.6 Å². The summed E-state index contributed by atoms with van der Waals surface area (Å²) in [5.41, 5.74) is 3.82. The van der Waals surface area contributed by atoms with Gasteiger partial charge in [-0.15, -0.1) is 23.8 Å². The fraction of sp³-hybridized carbons (Fsp3) is 0.500. The molecule has 0 bridgehead atoms. The van der Waals surface area contributed by atoms with E-state index in [0.29, 0.717) is 12.1 Å². The molecule has 1 aromatic carbocycles. The number of nitrogens with one attached hydrogen (secondary N) is 1. The molecule has 3 atom stereocenters. The van der Waals surface area contributed by atoms with E-state index in [1.165, 1.54) is 41.4 Å². The van der Waals surface area contributed by atoms with Gasteiger partial charge in [-0.2, -0.15) is 0 Å². The van der Waals surface area contributed by atoms with Crippen LogP contribution in [0.3, 0.4) is 0 Å². The number of nitrogens with zero attached hydrogens (tertiary/aromatic N) is 3. The number of aromatic nitrogens is 1. The van der Waals surface area contributed by atoms with Crippen molar-refractivity contribution in [3.05, 3.63) is 70.6 Å². The minimum absolute atomic E-state index is 0. The molecule has 5 heteroatoms. The first kappa shape index (κ1) is 22.2. The Hall–Kier alpha value is -1.52. The number of hydrogen-bond acceptors (Lipinski definition) is 1. The maximum absolute atomic E-state index is 5.01. The van der Waals surface area contributed by atoms with Gasteiger partial charge in [0.25, 0.3) is 0 Å². The topological polar surface area (TPSA) is 47.2 Å². The fourth-order valence-electron chi connectivity index (χ4n) is 4.44. The average molecular weight is 440 g/mol. The van der Waals surface area contributed by atoms with E-state index in [2.05, 4.69) is 72.4 Å². The first-order chi connectivity index (χ1) is 13.7. The van der Waals surface area contributed by atoms with Crippen LogP contribution in [-0.4, -0.2) is 47.6 Å². The number of hydrogen-bond donors (Lipinski definition) is 1. The van der Waals surface area contributed by atoms with Crippen LogP contribution >= 0.6 is 0 Å². The Labute approximate surface area is 185 Å². The first-order valence-electron chi connectivity index (χ1n) is 10.7. The van der Waals surface area contributed by atoms with Crippen molar-refractivity contribution in [1.29, 1.82) is 0 Å². The predicted molar refractivity (Wildman–Crippen MR) is 119 cm³/mol. The van der Waals surface area contributed by atoms with Crippen molar-refractivity contribution in [3.8, 4) is 0 Å². The molecule has 4 rings (SSSR count). The molecule has 0 saturated carbocycles. The standard InChI is InChI=1S/C24H32N4.Cu/c1-18-7-5-9-21(26-18)16-28(17-22-10-6-8-19(2)27-22)14-13-20-15-25-24-12-4-3-11-23(20)24;/h3-5,7,9,11-12,15,18-19,22,25H,6,8,10,13-14,16-17H2,1-2H3;/q-2;+1. The molecule has 4 nitrogen and oxygen atoms in total. The molecule has 0 spiro atoms. The van der Waals surface area contributed by atoms with Crippen LogP contribution in [-0.2, 0) is 23.5 Å². The molecular formula is C24H32CuN4-. The summed E-state index contributed by atoms with van der Waals surface area (Å²) in [6, 6.07) is 9.84. The molecule has 0 aliphatic carbocycles. The molecule has 1 N–H and O–H groups in total. The van der Waals surface area contributed by atoms with Crippen LogP contribution in [0.2, 0.25) is 0 Å². The third kappa shape index (κ3) is 5.99. The number of aromatic amines is 1. The molecule has 0 radical (unpaired) electrons. The van der Waals surface area contributed by atoms with Crippen molar-refractivity contribution in [3.63, 3.8) is 0 Å². The number of H-pyrrole nitrogens is 1. The zero-order valence-corrected chi connectivity index (χ0v) is 18.4. The Bertz CT molecular complexity index is 840. The van der Waals surface area contributed by atoms with Crippen LogP contribution < -0.4 is 0 Å². The van der Waals surface area contributed by atoms with Crippen LogP contribution in [0.5, 0.6) is 0 Å². The minimum Gasteiger partial charge on any atom is -0.681 e. The van der Waals surface area contributed by atoms with Gasteiger partial charge >= 0.3 is 17.1 Å². The van der Waals surface area contributed by atoms with Crippen molar-refractivity contribution < 1.29 is 17.1 Å². The Morgan fingerprint density at radius 2 is 2.03 bits per heavy atom. The molecule has 3 unspecified atom stereocenters. The van der Waals surface area contributed by atoms with Gasteiger partial charge in [-0.05, 0) is 24.6 Å². The number of rotatable bonds is 7. The Morgan fingerprint density at radius 3 is 2.86 bits per heavy atom. The number of benzene rings is 1. The molecule has 1 fully saturated rings. The van der Waals surface area contributed by atoms with Gasteiger partial charge < -0.3 is 20.5 Å². The number of piperidine rings is 1. The van der Waals surface area contributed by atoms with Gasteiger partial charge in [0.05, 0.1) is 0 Å². The van der Waals surface area contributed by atoms with E-state index >= 15 is 0 Å². The first-order valence-corrected chi connectivity index (χ1v) is 10.7. The predicted octanol–water partition coefficient (Wildman–Crippen LogP) is 5.54. The normalized spacial score (nSPS) is 24.2. The van der Waals surface area contributed by atoms with E-state index in [1.807, 2.05) is 0 Å². The second kappa shape index (κ2) is 10.5. The third-order valence-corrected chi connectivity index (χ3v) is 5.90. The Balaban J connectivity index is 0.00000240. The van der Waals surface area contributed by atoms with Gasteiger partial charge in [-0.3, -0.25) is 0 Å². The van der Waals surface area contributed by atoms with Gasteiger partial charge in [0, 0.05) is 30.2 Å². The van der Waals surface area contributed by atoms with E-state index in [1.54, 1.807) is 0 Å². The molecule has 1 aromatic heterocycles. The molecule has 2 aromatic rings. The number of fused-ring (bicyclic) bond motifs is 1. The number of para-hydroxylation sites is 1. The minimum atomic E-state index is 0. The summed E-state index contributed by atoms with van der Waals surface area (Å²) in [4.78, 5) is 5.97. The van der Waals surface area contributed by atoms with Gasteiger partial charge in [0.15, 0.2) is 0 Å². The molecule has 0 amide bonds. The van der Waals surface area contributed by atoms with Crippen LogP contribution in [0.15, 0.2) is 54.4 Å². The van der Waals surface area contributed by atoms with Crippen molar-refractivity contribution in [1.82, 2.24) is 9.88 Å². The maximum atomic E-state index is 5.01. The van der Waals surface area contributed by atoms with Crippen LogP contribution in [0.25, 0.3) is 21.5 Å². The van der Waals surface area contributed by atoms with Gasteiger partial charge in [-0.1, -0.05) is 69.5 Å². The van der Waals surface area contributed by atoms with Crippen molar-refractivity contribution in [2.24, 2.45) is 0 Å². The maximum Gasteiger partial charge on any atom is 1.00 e. The van der Waals surface area contributed by atoms with E-state index in [0.717, 1.165) is 26.1 Å². The second-order valence-electron chi connectivity index (χ2n) is 8.34. The van der Waals surface area contributed by atoms with Gasteiger partial charge in [0.2, 0.25) is 0 Å².